The van der Waals surface area contributed by atoms with Crippen LogP contribution in [-0.2, 0) is 28.7 Å². The van der Waals surface area contributed by atoms with Crippen LogP contribution in [-0.4, -0.2) is 70.0 Å². The first-order valence-electron chi connectivity index (χ1n) is 13.2. The van der Waals surface area contributed by atoms with Crippen LogP contribution < -0.4 is 11.1 Å². The number of carboxylic acid groups (broad SMARTS) is 3. The average Bonchev–Trinajstić information content (AvgIpc) is 2.84. The monoisotopic (exact) mass is 572 g/mol. The largest absolute Gasteiger partial charge is 0.490 e. The molecule has 0 heterocycles. The first-order chi connectivity index (χ1) is 18.2. The molecule has 14 heteroatoms. The van der Waals surface area contributed by atoms with Crippen LogP contribution in [0.15, 0.2) is 0 Å². The van der Waals surface area contributed by atoms with Gasteiger partial charge in [0.1, 0.15) is 12.1 Å². The number of halogens is 3. The third kappa shape index (κ3) is 25.2. The topological polar surface area (TPSA) is 193 Å². The van der Waals surface area contributed by atoms with Gasteiger partial charge in [0.15, 0.2) is 0 Å². The third-order valence-corrected chi connectivity index (χ3v) is 5.50. The first kappa shape index (κ1) is 38.2. The summed E-state index contributed by atoms with van der Waals surface area (Å²) in [7, 11) is 0. The summed E-state index contributed by atoms with van der Waals surface area (Å²) in [5.41, 5.74) is 5.38. The van der Waals surface area contributed by atoms with E-state index >= 15 is 0 Å². The van der Waals surface area contributed by atoms with Crippen molar-refractivity contribution >= 4 is 29.8 Å². The number of carbonyl (C=O) groups excluding carboxylic acids is 2. The van der Waals surface area contributed by atoms with Crippen LogP contribution in [0.25, 0.3) is 0 Å². The van der Waals surface area contributed by atoms with Crippen molar-refractivity contribution in [3.05, 3.63) is 0 Å². The van der Waals surface area contributed by atoms with Crippen molar-refractivity contribution in [1.29, 1.82) is 0 Å². The Balaban J connectivity index is 0. The fraction of sp³-hybridized carbons (Fsp3) is 0.800. The minimum absolute atomic E-state index is 0.0194. The Hall–Kier alpha value is -2.90. The minimum atomic E-state index is -5.08. The molecule has 0 bridgehead atoms. The Morgan fingerprint density at radius 3 is 1.74 bits per heavy atom. The van der Waals surface area contributed by atoms with Gasteiger partial charge in [0.25, 0.3) is 0 Å². The Morgan fingerprint density at radius 2 is 1.28 bits per heavy atom. The lowest BCUT2D eigenvalue weighted by molar-refractivity contribution is -0.192. The molecule has 228 valence electrons. The number of alkyl halides is 3. The van der Waals surface area contributed by atoms with E-state index in [4.69, 9.17) is 25.5 Å². The summed E-state index contributed by atoms with van der Waals surface area (Å²) >= 11 is 0. The smallest absolute Gasteiger partial charge is 0.480 e. The molecule has 0 saturated heterocycles. The van der Waals surface area contributed by atoms with Gasteiger partial charge in [-0.1, -0.05) is 58.3 Å². The quantitative estimate of drug-likeness (QED) is 0.0990. The number of aliphatic carboxylic acids is 3. The summed E-state index contributed by atoms with van der Waals surface area (Å²) in [5.74, 6) is -5.91. The molecular formula is C25H43F3N2O9. The van der Waals surface area contributed by atoms with Crippen LogP contribution in [0, 0.1) is 0 Å². The summed E-state index contributed by atoms with van der Waals surface area (Å²) in [6, 6.07) is -2.16. The Labute approximate surface area is 226 Å². The van der Waals surface area contributed by atoms with Crippen molar-refractivity contribution in [2.45, 2.75) is 121 Å². The van der Waals surface area contributed by atoms with Gasteiger partial charge in [-0.05, 0) is 32.1 Å². The molecule has 11 nitrogen and oxygen atoms in total. The maximum Gasteiger partial charge on any atom is 0.490 e. The molecular weight excluding hydrogens is 529 g/mol. The molecule has 0 aliphatic carbocycles. The second-order valence-electron chi connectivity index (χ2n) is 9.04. The lowest BCUT2D eigenvalue weighted by atomic mass is 10.1. The molecule has 0 fully saturated rings. The molecule has 39 heavy (non-hydrogen) atoms. The van der Waals surface area contributed by atoms with Crippen LogP contribution in [0.2, 0.25) is 0 Å². The zero-order valence-corrected chi connectivity index (χ0v) is 22.5. The highest BCUT2D eigenvalue weighted by Crippen LogP contribution is 2.13. The first-order valence-corrected chi connectivity index (χ1v) is 13.2. The van der Waals surface area contributed by atoms with Gasteiger partial charge in [-0.3, -0.25) is 14.4 Å². The number of amides is 1. The van der Waals surface area contributed by atoms with Crippen molar-refractivity contribution in [1.82, 2.24) is 5.32 Å². The van der Waals surface area contributed by atoms with Crippen molar-refractivity contribution in [3.8, 4) is 0 Å². The molecule has 0 radical (unpaired) electrons. The van der Waals surface area contributed by atoms with Gasteiger partial charge in [0.05, 0.1) is 6.61 Å². The van der Waals surface area contributed by atoms with E-state index < -0.39 is 42.1 Å². The van der Waals surface area contributed by atoms with Crippen LogP contribution in [0.3, 0.4) is 0 Å². The SMILES string of the molecule is CCCCCCCCCCCOC(=O)CCCC(=O)NC(CCCC(N)C(=O)O)C(=O)O.O=C(O)C(F)(F)F. The van der Waals surface area contributed by atoms with Crippen molar-refractivity contribution in [3.63, 3.8) is 0 Å². The van der Waals surface area contributed by atoms with Crippen LogP contribution in [0.5, 0.6) is 0 Å². The molecule has 0 aromatic heterocycles. The fourth-order valence-electron chi connectivity index (χ4n) is 3.25. The normalized spacial score (nSPS) is 12.4. The maximum atomic E-state index is 11.9. The summed E-state index contributed by atoms with van der Waals surface area (Å²) < 4.78 is 36.9. The molecule has 0 spiro atoms. The van der Waals surface area contributed by atoms with Gasteiger partial charge in [-0.2, -0.15) is 13.2 Å². The van der Waals surface area contributed by atoms with Crippen molar-refractivity contribution in [2.24, 2.45) is 5.73 Å². The van der Waals surface area contributed by atoms with Crippen LogP contribution >= 0.6 is 0 Å². The molecule has 0 rings (SSSR count). The zero-order chi connectivity index (χ0) is 30.3. The van der Waals surface area contributed by atoms with E-state index in [-0.39, 0.29) is 44.5 Å². The number of ether oxygens (including phenoxy) is 1. The van der Waals surface area contributed by atoms with E-state index in [2.05, 4.69) is 12.2 Å². The maximum absolute atomic E-state index is 11.9. The van der Waals surface area contributed by atoms with Gasteiger partial charge < -0.3 is 31.1 Å². The summed E-state index contributed by atoms with van der Waals surface area (Å²) in [4.78, 5) is 54.5. The van der Waals surface area contributed by atoms with Crippen molar-refractivity contribution in [2.75, 3.05) is 6.61 Å². The predicted octanol–water partition coefficient (Wildman–Crippen LogP) is 4.02. The predicted molar refractivity (Wildman–Crippen MR) is 135 cm³/mol. The average molecular weight is 573 g/mol. The van der Waals surface area contributed by atoms with Crippen LogP contribution in [0.1, 0.15) is 103 Å². The second kappa shape index (κ2) is 23.0. The molecule has 1 amide bonds. The zero-order valence-electron chi connectivity index (χ0n) is 22.5. The molecule has 0 aromatic carbocycles. The fourth-order valence-corrected chi connectivity index (χ4v) is 3.25. The Kier molecular flexibility index (Phi) is 22.6. The highest BCUT2D eigenvalue weighted by atomic mass is 19.4. The number of carboxylic acids is 3. The van der Waals surface area contributed by atoms with Crippen LogP contribution in [0.4, 0.5) is 13.2 Å². The molecule has 6 N–H and O–H groups in total. The van der Waals surface area contributed by atoms with E-state index in [1.165, 1.54) is 38.5 Å². The summed E-state index contributed by atoms with van der Waals surface area (Å²) in [6.07, 6.45) is 6.47. The number of hydrogen-bond acceptors (Lipinski definition) is 7. The highest BCUT2D eigenvalue weighted by Gasteiger charge is 2.38. The highest BCUT2D eigenvalue weighted by molar-refractivity contribution is 5.83. The van der Waals surface area contributed by atoms with Gasteiger partial charge in [0, 0.05) is 12.8 Å². The number of rotatable bonds is 21. The summed E-state index contributed by atoms with van der Waals surface area (Å²) in [6.45, 7) is 2.59. The molecule has 0 aliphatic heterocycles. The Morgan fingerprint density at radius 1 is 0.769 bits per heavy atom. The lowest BCUT2D eigenvalue weighted by Crippen LogP contribution is -2.41. The minimum Gasteiger partial charge on any atom is -0.480 e. The number of unbranched alkanes of at least 4 members (excludes halogenated alkanes) is 8. The van der Waals surface area contributed by atoms with E-state index in [0.717, 1.165) is 19.3 Å². The standard InChI is InChI=1S/C23H42N2O7.C2HF3O2/c1-2-3-4-5-6-7-8-9-10-17-32-21(27)16-12-15-20(26)25-19(23(30)31)14-11-13-18(24)22(28)29;3-2(4,5)1(6)7/h18-19H,2-17,24H2,1H3,(H,25,26)(H,28,29)(H,30,31);(H,6,7). The number of carbonyl (C=O) groups is 5. The Bertz CT molecular complexity index is 734. The molecule has 0 aliphatic rings. The van der Waals surface area contributed by atoms with Crippen molar-refractivity contribution < 1.29 is 57.2 Å². The number of hydrogen-bond donors (Lipinski definition) is 5. The van der Waals surface area contributed by atoms with Gasteiger partial charge >= 0.3 is 30.1 Å². The number of nitrogens with two attached hydrogens (primary N) is 1. The van der Waals surface area contributed by atoms with Gasteiger partial charge in [0.2, 0.25) is 5.91 Å². The molecule has 2 atom stereocenters. The lowest BCUT2D eigenvalue weighted by Gasteiger charge is -2.15. The third-order valence-electron chi connectivity index (χ3n) is 5.50. The van der Waals surface area contributed by atoms with E-state index in [9.17, 15) is 37.5 Å². The van der Waals surface area contributed by atoms with E-state index in [1.807, 2.05) is 0 Å². The van der Waals surface area contributed by atoms with Gasteiger partial charge in [-0.25, -0.2) is 9.59 Å². The number of nitrogens with one attached hydrogen (secondary N) is 1. The molecule has 0 aromatic rings. The number of esters is 1. The molecule has 0 saturated carbocycles. The summed E-state index contributed by atoms with van der Waals surface area (Å²) in [5, 5.41) is 27.5. The second-order valence-corrected chi connectivity index (χ2v) is 9.04. The van der Waals surface area contributed by atoms with E-state index in [1.54, 1.807) is 0 Å². The molecule has 2 unspecified atom stereocenters. The van der Waals surface area contributed by atoms with E-state index in [0.29, 0.717) is 6.61 Å². The van der Waals surface area contributed by atoms with Gasteiger partial charge in [-0.15, -0.1) is 0 Å².